The molecule has 0 saturated heterocycles. The SMILES string of the molecule is COC(=O)C=CCCCC=CC(C)=O. The van der Waals surface area contributed by atoms with Crippen molar-refractivity contribution in [3.05, 3.63) is 24.3 Å². The molecule has 0 atom stereocenters. The number of ketones is 1. The lowest BCUT2D eigenvalue weighted by Gasteiger charge is -1.90. The first-order valence-corrected chi connectivity index (χ1v) is 4.58. The van der Waals surface area contributed by atoms with Crippen LogP contribution in [0.15, 0.2) is 24.3 Å². The highest BCUT2D eigenvalue weighted by atomic mass is 16.5. The van der Waals surface area contributed by atoms with E-state index in [0.29, 0.717) is 0 Å². The number of carbonyl (C=O) groups excluding carboxylic acids is 2. The van der Waals surface area contributed by atoms with E-state index in [0.717, 1.165) is 19.3 Å². The third kappa shape index (κ3) is 8.71. The smallest absolute Gasteiger partial charge is 0.330 e. The lowest BCUT2D eigenvalue weighted by molar-refractivity contribution is -0.134. The first-order chi connectivity index (χ1) is 6.66. The standard InChI is InChI=1S/C11H16O3/c1-10(12)8-6-4-3-5-7-9-11(13)14-2/h6-9H,3-5H2,1-2H3. The minimum absolute atomic E-state index is 0.0649. The minimum Gasteiger partial charge on any atom is -0.466 e. The molecule has 0 aromatic rings. The van der Waals surface area contributed by atoms with Gasteiger partial charge in [-0.2, -0.15) is 0 Å². The largest absolute Gasteiger partial charge is 0.466 e. The van der Waals surface area contributed by atoms with E-state index in [9.17, 15) is 9.59 Å². The normalized spacial score (nSPS) is 11.0. The molecule has 0 radical (unpaired) electrons. The summed E-state index contributed by atoms with van der Waals surface area (Å²) in [6.07, 6.45) is 9.18. The molecule has 3 nitrogen and oxygen atoms in total. The molecule has 0 aliphatic rings. The molecule has 78 valence electrons. The van der Waals surface area contributed by atoms with Crippen LogP contribution in [0.3, 0.4) is 0 Å². The van der Waals surface area contributed by atoms with Gasteiger partial charge in [0, 0.05) is 6.08 Å². The fraction of sp³-hybridized carbons (Fsp3) is 0.455. The van der Waals surface area contributed by atoms with Gasteiger partial charge < -0.3 is 4.74 Å². The van der Waals surface area contributed by atoms with Crippen molar-refractivity contribution in [1.29, 1.82) is 0 Å². The molecule has 0 aromatic carbocycles. The van der Waals surface area contributed by atoms with Gasteiger partial charge in [0.05, 0.1) is 7.11 Å². The van der Waals surface area contributed by atoms with Crippen LogP contribution < -0.4 is 0 Å². The lowest BCUT2D eigenvalue weighted by Crippen LogP contribution is -1.93. The van der Waals surface area contributed by atoms with Crippen LogP contribution in [-0.2, 0) is 14.3 Å². The van der Waals surface area contributed by atoms with Gasteiger partial charge >= 0.3 is 5.97 Å². The van der Waals surface area contributed by atoms with Crippen LogP contribution in [0, 0.1) is 0 Å². The van der Waals surface area contributed by atoms with E-state index >= 15 is 0 Å². The average Bonchev–Trinajstić information content (AvgIpc) is 2.15. The summed E-state index contributed by atoms with van der Waals surface area (Å²) in [5.41, 5.74) is 0. The summed E-state index contributed by atoms with van der Waals surface area (Å²) >= 11 is 0. The van der Waals surface area contributed by atoms with Crippen molar-refractivity contribution in [2.45, 2.75) is 26.2 Å². The summed E-state index contributed by atoms with van der Waals surface area (Å²) < 4.78 is 4.42. The predicted octanol–water partition coefficient (Wildman–Crippen LogP) is 2.03. The highest BCUT2D eigenvalue weighted by Crippen LogP contribution is 1.98. The Morgan fingerprint density at radius 3 is 2.21 bits per heavy atom. The Kier molecular flexibility index (Phi) is 7.42. The van der Waals surface area contributed by atoms with Crippen molar-refractivity contribution in [3.63, 3.8) is 0 Å². The average molecular weight is 196 g/mol. The Labute approximate surface area is 84.4 Å². The maximum Gasteiger partial charge on any atom is 0.330 e. The zero-order chi connectivity index (χ0) is 10.8. The van der Waals surface area contributed by atoms with Crippen molar-refractivity contribution < 1.29 is 14.3 Å². The molecular formula is C11H16O3. The Morgan fingerprint density at radius 1 is 1.14 bits per heavy atom. The number of allylic oxidation sites excluding steroid dienone is 3. The van der Waals surface area contributed by atoms with Crippen molar-refractivity contribution in [2.75, 3.05) is 7.11 Å². The van der Waals surface area contributed by atoms with E-state index in [1.165, 1.54) is 20.1 Å². The van der Waals surface area contributed by atoms with E-state index in [1.54, 1.807) is 12.2 Å². The number of unbranched alkanes of at least 4 members (excludes halogenated alkanes) is 2. The zero-order valence-corrected chi connectivity index (χ0v) is 8.66. The molecule has 14 heavy (non-hydrogen) atoms. The number of hydrogen-bond acceptors (Lipinski definition) is 3. The zero-order valence-electron chi connectivity index (χ0n) is 8.66. The maximum atomic E-state index is 10.6. The molecular weight excluding hydrogens is 180 g/mol. The van der Waals surface area contributed by atoms with Crippen LogP contribution in [0.2, 0.25) is 0 Å². The molecule has 0 aliphatic heterocycles. The molecule has 0 rings (SSSR count). The minimum atomic E-state index is -0.329. The highest BCUT2D eigenvalue weighted by molar-refractivity contribution is 5.87. The van der Waals surface area contributed by atoms with Crippen LogP contribution in [-0.4, -0.2) is 18.9 Å². The van der Waals surface area contributed by atoms with Gasteiger partial charge in [0.2, 0.25) is 0 Å². The Balaban J connectivity index is 3.42. The number of hydrogen-bond donors (Lipinski definition) is 0. The molecule has 0 saturated carbocycles. The topological polar surface area (TPSA) is 43.4 Å². The van der Waals surface area contributed by atoms with Crippen molar-refractivity contribution in [1.82, 2.24) is 0 Å². The highest BCUT2D eigenvalue weighted by Gasteiger charge is 1.89. The van der Waals surface area contributed by atoms with Gasteiger partial charge in [-0.1, -0.05) is 12.2 Å². The monoisotopic (exact) mass is 196 g/mol. The van der Waals surface area contributed by atoms with Crippen molar-refractivity contribution in [3.8, 4) is 0 Å². The molecule has 0 N–H and O–H groups in total. The molecule has 0 spiro atoms. The molecule has 0 bridgehead atoms. The second-order valence-corrected chi connectivity index (χ2v) is 2.87. The molecule has 0 heterocycles. The van der Waals surface area contributed by atoms with Crippen molar-refractivity contribution >= 4 is 11.8 Å². The van der Waals surface area contributed by atoms with Gasteiger partial charge in [-0.25, -0.2) is 4.79 Å². The third-order valence-electron chi connectivity index (χ3n) is 1.55. The fourth-order valence-corrected chi connectivity index (χ4v) is 0.850. The molecule has 3 heteroatoms. The molecule has 0 unspecified atom stereocenters. The number of carbonyl (C=O) groups is 2. The van der Waals surface area contributed by atoms with Crippen LogP contribution in [0.5, 0.6) is 0 Å². The van der Waals surface area contributed by atoms with Gasteiger partial charge in [-0.15, -0.1) is 0 Å². The molecule has 0 aliphatic carbocycles. The first kappa shape index (κ1) is 12.6. The fourth-order valence-electron chi connectivity index (χ4n) is 0.850. The van der Waals surface area contributed by atoms with E-state index in [-0.39, 0.29) is 11.8 Å². The van der Waals surface area contributed by atoms with Crippen LogP contribution in [0.1, 0.15) is 26.2 Å². The Bertz CT molecular complexity index is 239. The van der Waals surface area contributed by atoms with Gasteiger partial charge in [0.25, 0.3) is 0 Å². The molecule has 0 amide bonds. The van der Waals surface area contributed by atoms with Crippen LogP contribution >= 0.6 is 0 Å². The van der Waals surface area contributed by atoms with Gasteiger partial charge in [-0.3, -0.25) is 4.79 Å². The van der Waals surface area contributed by atoms with Gasteiger partial charge in [0.15, 0.2) is 5.78 Å². The summed E-state index contributed by atoms with van der Waals surface area (Å²) in [5.74, 6) is -0.264. The number of methoxy groups -OCH3 is 1. The second-order valence-electron chi connectivity index (χ2n) is 2.87. The number of ether oxygens (including phenoxy) is 1. The number of esters is 1. The summed E-state index contributed by atoms with van der Waals surface area (Å²) in [6.45, 7) is 1.52. The summed E-state index contributed by atoms with van der Waals surface area (Å²) in [5, 5.41) is 0. The van der Waals surface area contributed by atoms with Crippen LogP contribution in [0.4, 0.5) is 0 Å². The summed E-state index contributed by atoms with van der Waals surface area (Å²) in [6, 6.07) is 0. The maximum absolute atomic E-state index is 10.6. The summed E-state index contributed by atoms with van der Waals surface area (Å²) in [7, 11) is 1.35. The second kappa shape index (κ2) is 8.23. The molecule has 0 fully saturated rings. The van der Waals surface area contributed by atoms with E-state index in [4.69, 9.17) is 0 Å². The Hall–Kier alpha value is -1.38. The predicted molar refractivity (Wildman–Crippen MR) is 54.8 cm³/mol. The first-order valence-electron chi connectivity index (χ1n) is 4.58. The quantitative estimate of drug-likeness (QED) is 0.371. The van der Waals surface area contributed by atoms with E-state index in [1.807, 2.05) is 6.08 Å². The van der Waals surface area contributed by atoms with Crippen molar-refractivity contribution in [2.24, 2.45) is 0 Å². The third-order valence-corrected chi connectivity index (χ3v) is 1.55. The summed E-state index contributed by atoms with van der Waals surface area (Å²) in [4.78, 5) is 21.1. The lowest BCUT2D eigenvalue weighted by atomic mass is 10.2. The van der Waals surface area contributed by atoms with Gasteiger partial charge in [-0.05, 0) is 32.3 Å². The van der Waals surface area contributed by atoms with Gasteiger partial charge in [0.1, 0.15) is 0 Å². The Morgan fingerprint density at radius 2 is 1.71 bits per heavy atom. The van der Waals surface area contributed by atoms with E-state index in [2.05, 4.69) is 4.74 Å². The molecule has 0 aromatic heterocycles. The number of rotatable bonds is 6. The van der Waals surface area contributed by atoms with Crippen LogP contribution in [0.25, 0.3) is 0 Å². The van der Waals surface area contributed by atoms with E-state index < -0.39 is 0 Å².